The highest BCUT2D eigenvalue weighted by molar-refractivity contribution is 6.36. The van der Waals surface area contributed by atoms with Gasteiger partial charge in [0.2, 0.25) is 0 Å². The topological polar surface area (TPSA) is 67.8 Å². The molecular weight excluding hydrogens is 329 g/mol. The molecule has 0 aliphatic carbocycles. The predicted molar refractivity (Wildman–Crippen MR) is 85.6 cm³/mol. The van der Waals surface area contributed by atoms with Gasteiger partial charge in [-0.3, -0.25) is 4.79 Å². The van der Waals surface area contributed by atoms with Crippen LogP contribution in [-0.4, -0.2) is 25.2 Å². The fourth-order valence-corrected chi connectivity index (χ4v) is 2.31. The average Bonchev–Trinajstić information content (AvgIpc) is 2.50. The van der Waals surface area contributed by atoms with Crippen molar-refractivity contribution in [3.05, 3.63) is 45.9 Å². The third-order valence-corrected chi connectivity index (χ3v) is 3.55. The fourth-order valence-electron chi connectivity index (χ4n) is 1.80. The first-order chi connectivity index (χ1) is 10.5. The van der Waals surface area contributed by atoms with E-state index in [1.807, 2.05) is 0 Å². The second-order valence-corrected chi connectivity index (χ2v) is 5.12. The van der Waals surface area contributed by atoms with Gasteiger partial charge < -0.3 is 19.9 Å². The van der Waals surface area contributed by atoms with Gasteiger partial charge in [0, 0.05) is 12.1 Å². The van der Waals surface area contributed by atoms with E-state index in [-0.39, 0.29) is 27.0 Å². The number of nitrogens with one attached hydrogen (secondary N) is 1. The van der Waals surface area contributed by atoms with E-state index in [9.17, 15) is 9.90 Å². The van der Waals surface area contributed by atoms with Crippen LogP contribution in [0.15, 0.2) is 30.3 Å². The molecule has 0 spiro atoms. The molecule has 0 aliphatic rings. The van der Waals surface area contributed by atoms with E-state index >= 15 is 0 Å². The van der Waals surface area contributed by atoms with Crippen molar-refractivity contribution < 1.29 is 19.4 Å². The highest BCUT2D eigenvalue weighted by atomic mass is 35.5. The van der Waals surface area contributed by atoms with Gasteiger partial charge in [-0.15, -0.1) is 0 Å². The minimum absolute atomic E-state index is 0.0827. The summed E-state index contributed by atoms with van der Waals surface area (Å²) in [6, 6.07) is 7.47. The number of carbonyl (C=O) groups is 1. The van der Waals surface area contributed by atoms with Crippen LogP contribution in [0.2, 0.25) is 10.0 Å². The minimum Gasteiger partial charge on any atom is -0.506 e. The number of carbonyl (C=O) groups excluding carboxylic acids is 1. The zero-order chi connectivity index (χ0) is 16.3. The van der Waals surface area contributed by atoms with E-state index in [0.29, 0.717) is 11.5 Å². The van der Waals surface area contributed by atoms with Crippen LogP contribution in [0.1, 0.15) is 10.4 Å². The van der Waals surface area contributed by atoms with Crippen LogP contribution in [0.4, 0.5) is 5.69 Å². The molecule has 22 heavy (non-hydrogen) atoms. The molecular formula is C15H13Cl2NO4. The first kappa shape index (κ1) is 16.3. The molecule has 0 saturated carbocycles. The summed E-state index contributed by atoms with van der Waals surface area (Å²) in [6.45, 7) is 0. The molecule has 1 amide bonds. The summed E-state index contributed by atoms with van der Waals surface area (Å²) in [5.74, 6) is 0.201. The van der Waals surface area contributed by atoms with Crippen LogP contribution in [0.3, 0.4) is 0 Å². The molecule has 0 saturated heterocycles. The SMILES string of the molecule is COc1ccc(C(=O)Nc2c(O)cc(OC)cc2Cl)c(Cl)c1. The van der Waals surface area contributed by atoms with Crippen molar-refractivity contribution in [1.29, 1.82) is 0 Å². The maximum atomic E-state index is 12.3. The molecule has 0 unspecified atom stereocenters. The lowest BCUT2D eigenvalue weighted by Crippen LogP contribution is -2.13. The Kier molecular flexibility index (Phi) is 5.00. The summed E-state index contributed by atoms with van der Waals surface area (Å²) < 4.78 is 9.99. The zero-order valence-electron chi connectivity index (χ0n) is 11.8. The van der Waals surface area contributed by atoms with Gasteiger partial charge in [0.25, 0.3) is 5.91 Å². The van der Waals surface area contributed by atoms with Crippen LogP contribution in [0.25, 0.3) is 0 Å². The highest BCUT2D eigenvalue weighted by Gasteiger charge is 2.16. The molecule has 0 atom stereocenters. The molecule has 2 aromatic carbocycles. The Bertz CT molecular complexity index is 696. The van der Waals surface area contributed by atoms with Crippen molar-refractivity contribution >= 4 is 34.8 Å². The molecule has 116 valence electrons. The number of benzene rings is 2. The molecule has 2 aromatic rings. The van der Waals surface area contributed by atoms with Gasteiger partial charge in [0.1, 0.15) is 22.9 Å². The summed E-state index contributed by atoms with van der Waals surface area (Å²) in [4.78, 5) is 12.3. The summed E-state index contributed by atoms with van der Waals surface area (Å²) in [7, 11) is 2.95. The van der Waals surface area contributed by atoms with Crippen molar-refractivity contribution in [3.8, 4) is 17.2 Å². The van der Waals surface area contributed by atoms with E-state index in [2.05, 4.69) is 5.32 Å². The Balaban J connectivity index is 2.29. The molecule has 0 aliphatic heterocycles. The molecule has 0 fully saturated rings. The summed E-state index contributed by atoms with van der Waals surface area (Å²) in [6.07, 6.45) is 0. The first-order valence-electron chi connectivity index (χ1n) is 6.17. The van der Waals surface area contributed by atoms with Gasteiger partial charge in [-0.1, -0.05) is 23.2 Å². The quantitative estimate of drug-likeness (QED) is 0.825. The van der Waals surface area contributed by atoms with Crippen LogP contribution < -0.4 is 14.8 Å². The Morgan fingerprint density at radius 3 is 2.23 bits per heavy atom. The molecule has 0 radical (unpaired) electrons. The molecule has 0 bridgehead atoms. The number of phenolic OH excluding ortho intramolecular Hbond substituents is 1. The number of amides is 1. The number of hydrogen-bond donors (Lipinski definition) is 2. The molecule has 0 heterocycles. The second-order valence-electron chi connectivity index (χ2n) is 4.30. The molecule has 2 rings (SSSR count). The number of ether oxygens (including phenoxy) is 2. The van der Waals surface area contributed by atoms with Gasteiger partial charge in [0.05, 0.1) is 29.8 Å². The second kappa shape index (κ2) is 6.77. The Morgan fingerprint density at radius 2 is 1.68 bits per heavy atom. The lowest BCUT2D eigenvalue weighted by Gasteiger charge is -2.12. The summed E-state index contributed by atoms with van der Waals surface area (Å²) in [5.41, 5.74) is 0.313. The van der Waals surface area contributed by atoms with E-state index in [4.69, 9.17) is 32.7 Å². The standard InChI is InChI=1S/C15H13Cl2NO4/c1-21-8-3-4-10(11(16)5-8)15(20)18-14-12(17)6-9(22-2)7-13(14)19/h3-7,19H,1-2H3,(H,18,20). The largest absolute Gasteiger partial charge is 0.506 e. The van der Waals surface area contributed by atoms with E-state index in [0.717, 1.165) is 0 Å². The van der Waals surface area contributed by atoms with E-state index in [1.54, 1.807) is 6.07 Å². The third kappa shape index (κ3) is 3.37. The predicted octanol–water partition coefficient (Wildman–Crippen LogP) is 3.97. The smallest absolute Gasteiger partial charge is 0.257 e. The van der Waals surface area contributed by atoms with Crippen LogP contribution in [-0.2, 0) is 0 Å². The minimum atomic E-state index is -0.505. The summed E-state index contributed by atoms with van der Waals surface area (Å²) in [5, 5.41) is 12.8. The van der Waals surface area contributed by atoms with Crippen molar-refractivity contribution in [2.45, 2.75) is 0 Å². The number of aromatic hydroxyl groups is 1. The van der Waals surface area contributed by atoms with Crippen LogP contribution >= 0.6 is 23.2 Å². The lowest BCUT2D eigenvalue weighted by molar-refractivity contribution is 0.102. The van der Waals surface area contributed by atoms with Crippen molar-refractivity contribution in [2.75, 3.05) is 19.5 Å². The Labute approximate surface area is 137 Å². The van der Waals surface area contributed by atoms with Gasteiger partial charge >= 0.3 is 0 Å². The van der Waals surface area contributed by atoms with Gasteiger partial charge in [-0.05, 0) is 18.2 Å². The highest BCUT2D eigenvalue weighted by Crippen LogP contribution is 2.36. The number of halogens is 2. The van der Waals surface area contributed by atoms with Crippen LogP contribution in [0, 0.1) is 0 Å². The normalized spacial score (nSPS) is 10.2. The maximum absolute atomic E-state index is 12.3. The number of rotatable bonds is 4. The fraction of sp³-hybridized carbons (Fsp3) is 0.133. The monoisotopic (exact) mass is 341 g/mol. The zero-order valence-corrected chi connectivity index (χ0v) is 13.3. The number of methoxy groups -OCH3 is 2. The van der Waals surface area contributed by atoms with Crippen molar-refractivity contribution in [1.82, 2.24) is 0 Å². The Morgan fingerprint density at radius 1 is 1.05 bits per heavy atom. The first-order valence-corrected chi connectivity index (χ1v) is 6.93. The molecule has 2 N–H and O–H groups in total. The van der Waals surface area contributed by atoms with E-state index in [1.165, 1.54) is 38.5 Å². The molecule has 7 heteroatoms. The number of anilines is 1. The van der Waals surface area contributed by atoms with Crippen molar-refractivity contribution in [3.63, 3.8) is 0 Å². The van der Waals surface area contributed by atoms with Crippen molar-refractivity contribution in [2.24, 2.45) is 0 Å². The van der Waals surface area contributed by atoms with E-state index < -0.39 is 5.91 Å². The third-order valence-electron chi connectivity index (χ3n) is 2.94. The van der Waals surface area contributed by atoms with Crippen LogP contribution in [0.5, 0.6) is 17.2 Å². The van der Waals surface area contributed by atoms with Gasteiger partial charge in [0.15, 0.2) is 0 Å². The molecule has 0 aromatic heterocycles. The van der Waals surface area contributed by atoms with Gasteiger partial charge in [-0.25, -0.2) is 0 Å². The number of phenols is 1. The number of hydrogen-bond acceptors (Lipinski definition) is 4. The van der Waals surface area contributed by atoms with Gasteiger partial charge in [-0.2, -0.15) is 0 Å². The summed E-state index contributed by atoms with van der Waals surface area (Å²) >= 11 is 12.1. The maximum Gasteiger partial charge on any atom is 0.257 e. The Hall–Kier alpha value is -2.11. The lowest BCUT2D eigenvalue weighted by atomic mass is 10.2. The average molecular weight is 342 g/mol. The molecule has 5 nitrogen and oxygen atoms in total.